The van der Waals surface area contributed by atoms with E-state index in [1.807, 2.05) is 12.1 Å². The molecule has 0 aliphatic rings. The average molecular weight is 447 g/mol. The molecule has 4 heteroatoms. The molecule has 3 rings (SSSR count). The van der Waals surface area contributed by atoms with E-state index < -0.39 is 0 Å². The number of ether oxygens (including phenoxy) is 1. The molecule has 3 aromatic carbocycles. The van der Waals surface area contributed by atoms with Gasteiger partial charge in [-0.15, -0.1) is 12.4 Å². The quantitative estimate of drug-likeness (QED) is 0.456. The second-order valence-corrected chi connectivity index (χ2v) is 7.53. The topological polar surface area (TPSA) is 21.3 Å². The van der Waals surface area contributed by atoms with Gasteiger partial charge in [0.25, 0.3) is 0 Å². The smallest absolute Gasteiger partial charge is 0.124 e. The summed E-state index contributed by atoms with van der Waals surface area (Å²) in [5.41, 5.74) is 6.16. The maximum absolute atomic E-state index is 6.08. The lowest BCUT2D eigenvalue weighted by Crippen LogP contribution is -2.13. The molecule has 0 saturated heterocycles. The van der Waals surface area contributed by atoms with Gasteiger partial charge in [0.2, 0.25) is 0 Å². The average Bonchev–Trinajstić information content (AvgIpc) is 2.64. The lowest BCUT2D eigenvalue weighted by molar-refractivity contribution is 0.302. The molecule has 27 heavy (non-hydrogen) atoms. The first kappa shape index (κ1) is 21.5. The SMILES string of the molecule is Cc1ccc(CNCc2cc(Br)ccc2OCc2ccc(C)cc2)cc1.Cl. The van der Waals surface area contributed by atoms with Crippen molar-refractivity contribution in [2.24, 2.45) is 0 Å². The van der Waals surface area contributed by atoms with Crippen molar-refractivity contribution in [1.82, 2.24) is 5.32 Å². The Morgan fingerprint density at radius 2 is 1.37 bits per heavy atom. The number of nitrogens with one attached hydrogen (secondary N) is 1. The van der Waals surface area contributed by atoms with E-state index in [4.69, 9.17) is 4.74 Å². The van der Waals surface area contributed by atoms with E-state index >= 15 is 0 Å². The second-order valence-electron chi connectivity index (χ2n) is 6.62. The zero-order chi connectivity index (χ0) is 18.4. The summed E-state index contributed by atoms with van der Waals surface area (Å²) in [5, 5.41) is 3.51. The minimum atomic E-state index is 0. The molecule has 0 bridgehead atoms. The summed E-state index contributed by atoms with van der Waals surface area (Å²) in [6, 6.07) is 23.2. The van der Waals surface area contributed by atoms with Crippen LogP contribution >= 0.6 is 28.3 Å². The molecule has 3 aromatic rings. The van der Waals surface area contributed by atoms with Gasteiger partial charge in [0.05, 0.1) is 0 Å². The highest BCUT2D eigenvalue weighted by Crippen LogP contribution is 2.24. The second kappa shape index (κ2) is 10.5. The van der Waals surface area contributed by atoms with Crippen molar-refractivity contribution in [3.8, 4) is 5.75 Å². The van der Waals surface area contributed by atoms with Crippen molar-refractivity contribution in [2.75, 3.05) is 0 Å². The van der Waals surface area contributed by atoms with Crippen molar-refractivity contribution in [3.05, 3.63) is 99.0 Å². The summed E-state index contributed by atoms with van der Waals surface area (Å²) in [5.74, 6) is 0.921. The Kier molecular flexibility index (Phi) is 8.36. The molecule has 0 unspecified atom stereocenters. The van der Waals surface area contributed by atoms with E-state index in [9.17, 15) is 0 Å². The van der Waals surface area contributed by atoms with Crippen molar-refractivity contribution in [3.63, 3.8) is 0 Å². The van der Waals surface area contributed by atoms with E-state index in [-0.39, 0.29) is 12.4 Å². The highest BCUT2D eigenvalue weighted by atomic mass is 79.9. The van der Waals surface area contributed by atoms with Gasteiger partial charge in [0, 0.05) is 23.1 Å². The zero-order valence-corrected chi connectivity index (χ0v) is 18.1. The van der Waals surface area contributed by atoms with Crippen LogP contribution < -0.4 is 10.1 Å². The Morgan fingerprint density at radius 3 is 2.00 bits per heavy atom. The molecule has 1 N–H and O–H groups in total. The van der Waals surface area contributed by atoms with Crippen LogP contribution in [0.2, 0.25) is 0 Å². The maximum atomic E-state index is 6.08. The van der Waals surface area contributed by atoms with Gasteiger partial charge in [-0.05, 0) is 43.2 Å². The molecule has 0 aromatic heterocycles. The van der Waals surface area contributed by atoms with Crippen molar-refractivity contribution >= 4 is 28.3 Å². The third-order valence-corrected chi connectivity index (χ3v) is 4.80. The Labute approximate surface area is 176 Å². The van der Waals surface area contributed by atoms with E-state index in [1.54, 1.807) is 0 Å². The van der Waals surface area contributed by atoms with Gasteiger partial charge in [0.1, 0.15) is 12.4 Å². The molecule has 0 heterocycles. The lowest BCUT2D eigenvalue weighted by atomic mass is 10.1. The molecule has 142 valence electrons. The van der Waals surface area contributed by atoms with Gasteiger partial charge in [-0.25, -0.2) is 0 Å². The number of hydrogen-bond donors (Lipinski definition) is 1. The van der Waals surface area contributed by atoms with Crippen LogP contribution in [0.1, 0.15) is 27.8 Å². The highest BCUT2D eigenvalue weighted by molar-refractivity contribution is 9.10. The first-order valence-electron chi connectivity index (χ1n) is 8.83. The maximum Gasteiger partial charge on any atom is 0.124 e. The fourth-order valence-corrected chi connectivity index (χ4v) is 3.13. The predicted molar refractivity (Wildman–Crippen MR) is 119 cm³/mol. The Bertz CT molecular complexity index is 847. The molecule has 0 aliphatic carbocycles. The van der Waals surface area contributed by atoms with E-state index in [0.717, 1.165) is 28.9 Å². The number of benzene rings is 3. The van der Waals surface area contributed by atoms with Crippen molar-refractivity contribution in [1.29, 1.82) is 0 Å². The standard InChI is InChI=1S/C23H24BrNO.ClH/c1-17-3-7-19(8-4-17)14-25-15-21-13-22(24)11-12-23(21)26-16-20-9-5-18(2)6-10-20;/h3-13,25H,14-16H2,1-2H3;1H. The molecule has 0 radical (unpaired) electrons. The molecule has 0 atom stereocenters. The van der Waals surface area contributed by atoms with E-state index in [2.05, 4.69) is 89.7 Å². The minimum Gasteiger partial charge on any atom is -0.489 e. The van der Waals surface area contributed by atoms with Crippen molar-refractivity contribution in [2.45, 2.75) is 33.5 Å². The van der Waals surface area contributed by atoms with Crippen LogP contribution in [0.5, 0.6) is 5.75 Å². The van der Waals surface area contributed by atoms with Crippen LogP contribution in [0.25, 0.3) is 0 Å². The van der Waals surface area contributed by atoms with E-state index in [1.165, 1.54) is 22.3 Å². The van der Waals surface area contributed by atoms with Gasteiger partial charge < -0.3 is 10.1 Å². The molecule has 0 fully saturated rings. The van der Waals surface area contributed by atoms with Crippen LogP contribution in [0.4, 0.5) is 0 Å². The summed E-state index contributed by atoms with van der Waals surface area (Å²) < 4.78 is 7.14. The minimum absolute atomic E-state index is 0. The zero-order valence-electron chi connectivity index (χ0n) is 15.7. The molecular weight excluding hydrogens is 422 g/mol. The summed E-state index contributed by atoms with van der Waals surface area (Å²) in [4.78, 5) is 0. The number of rotatable bonds is 7. The van der Waals surface area contributed by atoms with Crippen LogP contribution in [-0.4, -0.2) is 0 Å². The normalized spacial score (nSPS) is 10.3. The number of hydrogen-bond acceptors (Lipinski definition) is 2. The monoisotopic (exact) mass is 445 g/mol. The summed E-state index contributed by atoms with van der Waals surface area (Å²) in [6.07, 6.45) is 0. The van der Waals surface area contributed by atoms with Crippen LogP contribution in [0.15, 0.2) is 71.2 Å². The Hall–Kier alpha value is -1.81. The predicted octanol–water partition coefficient (Wildman–Crippen LogP) is 6.36. The summed E-state index contributed by atoms with van der Waals surface area (Å²) in [7, 11) is 0. The van der Waals surface area contributed by atoms with Crippen LogP contribution in [0.3, 0.4) is 0 Å². The van der Waals surface area contributed by atoms with Gasteiger partial charge in [-0.3, -0.25) is 0 Å². The highest BCUT2D eigenvalue weighted by Gasteiger charge is 2.06. The number of halogens is 2. The largest absolute Gasteiger partial charge is 0.489 e. The van der Waals surface area contributed by atoms with Gasteiger partial charge in [-0.2, -0.15) is 0 Å². The molecule has 0 amide bonds. The Morgan fingerprint density at radius 1 is 0.778 bits per heavy atom. The van der Waals surface area contributed by atoms with Gasteiger partial charge in [0.15, 0.2) is 0 Å². The van der Waals surface area contributed by atoms with Crippen molar-refractivity contribution < 1.29 is 4.74 Å². The fourth-order valence-electron chi connectivity index (χ4n) is 2.72. The summed E-state index contributed by atoms with van der Waals surface area (Å²) in [6.45, 7) is 6.38. The van der Waals surface area contributed by atoms with Gasteiger partial charge in [-0.1, -0.05) is 75.6 Å². The Balaban J connectivity index is 0.00000261. The van der Waals surface area contributed by atoms with Crippen LogP contribution in [0, 0.1) is 13.8 Å². The number of aryl methyl sites for hydroxylation is 2. The van der Waals surface area contributed by atoms with E-state index in [0.29, 0.717) is 6.61 Å². The summed E-state index contributed by atoms with van der Waals surface area (Å²) >= 11 is 3.56. The third kappa shape index (κ3) is 6.69. The lowest BCUT2D eigenvalue weighted by Gasteiger charge is -2.13. The molecule has 2 nitrogen and oxygen atoms in total. The third-order valence-electron chi connectivity index (χ3n) is 4.30. The molecule has 0 spiro atoms. The van der Waals surface area contributed by atoms with Crippen LogP contribution in [-0.2, 0) is 19.7 Å². The molecule has 0 saturated carbocycles. The first-order valence-corrected chi connectivity index (χ1v) is 9.62. The van der Waals surface area contributed by atoms with Gasteiger partial charge >= 0.3 is 0 Å². The first-order chi connectivity index (χ1) is 12.6. The molecular formula is C23H25BrClNO. The fraction of sp³-hybridized carbons (Fsp3) is 0.217. The molecule has 0 aliphatic heterocycles.